The predicted molar refractivity (Wildman–Crippen MR) is 99.0 cm³/mol. The number of nitrogens with zero attached hydrogens (tertiary/aromatic N) is 1. The van der Waals surface area contributed by atoms with E-state index in [1.165, 1.54) is 6.07 Å². The fraction of sp³-hybridized carbons (Fsp3) is 0.278. The van der Waals surface area contributed by atoms with E-state index in [0.29, 0.717) is 5.69 Å². The normalized spacial score (nSPS) is 11.2. The highest BCUT2D eigenvalue weighted by Gasteiger charge is 2.30. The number of carbonyl (C=O) groups is 1. The molecule has 1 amide bonds. The molecule has 8 heteroatoms. The number of rotatable bonds is 6. The maximum atomic E-state index is 12.7. The molecule has 0 unspecified atom stereocenters. The molecule has 2 aromatic carbocycles. The van der Waals surface area contributed by atoms with Crippen LogP contribution >= 0.6 is 11.6 Å². The lowest BCUT2D eigenvalue weighted by Crippen LogP contribution is -2.17. The number of halogens is 4. The van der Waals surface area contributed by atoms with E-state index >= 15 is 0 Å². The molecule has 2 rings (SSSR count). The number of carbonyl (C=O) groups excluding carboxylic acids is 1. The van der Waals surface area contributed by atoms with Gasteiger partial charge in [0.15, 0.2) is 0 Å². The molecule has 0 aliphatic heterocycles. The van der Waals surface area contributed by atoms with Gasteiger partial charge in [-0.05, 0) is 42.5 Å². The van der Waals surface area contributed by atoms with Crippen molar-refractivity contribution in [2.45, 2.75) is 12.6 Å². The lowest BCUT2D eigenvalue weighted by molar-refractivity contribution is -0.137. The number of anilines is 3. The first-order valence-corrected chi connectivity index (χ1v) is 8.22. The van der Waals surface area contributed by atoms with Gasteiger partial charge in [0, 0.05) is 38.4 Å². The Morgan fingerprint density at radius 2 is 1.77 bits per heavy atom. The van der Waals surface area contributed by atoms with Crippen molar-refractivity contribution in [1.29, 1.82) is 0 Å². The summed E-state index contributed by atoms with van der Waals surface area (Å²) in [5.74, 6) is -0.252. The lowest BCUT2D eigenvalue weighted by atomic mass is 10.2. The van der Waals surface area contributed by atoms with Gasteiger partial charge in [0.05, 0.1) is 16.3 Å². The molecule has 2 aromatic rings. The van der Waals surface area contributed by atoms with Crippen LogP contribution in [0.25, 0.3) is 0 Å². The van der Waals surface area contributed by atoms with E-state index in [-0.39, 0.29) is 29.6 Å². The Balaban J connectivity index is 1.88. The Morgan fingerprint density at radius 3 is 2.35 bits per heavy atom. The van der Waals surface area contributed by atoms with Crippen LogP contribution in [0.1, 0.15) is 12.0 Å². The van der Waals surface area contributed by atoms with Crippen LogP contribution in [0.3, 0.4) is 0 Å². The Kier molecular flexibility index (Phi) is 6.37. The summed E-state index contributed by atoms with van der Waals surface area (Å²) in [6.45, 7) is 0.155. The molecule has 0 spiro atoms. The third-order valence-electron chi connectivity index (χ3n) is 3.63. The van der Waals surface area contributed by atoms with Crippen molar-refractivity contribution in [3.63, 3.8) is 0 Å². The first-order valence-electron chi connectivity index (χ1n) is 7.84. The van der Waals surface area contributed by atoms with Gasteiger partial charge in [-0.1, -0.05) is 11.6 Å². The van der Waals surface area contributed by atoms with E-state index in [1.807, 2.05) is 31.1 Å². The molecule has 140 valence electrons. The molecule has 0 aliphatic carbocycles. The van der Waals surface area contributed by atoms with Gasteiger partial charge in [-0.2, -0.15) is 13.2 Å². The highest BCUT2D eigenvalue weighted by atomic mass is 35.5. The summed E-state index contributed by atoms with van der Waals surface area (Å²) in [6.07, 6.45) is -4.36. The average Bonchev–Trinajstić information content (AvgIpc) is 2.56. The van der Waals surface area contributed by atoms with E-state index in [2.05, 4.69) is 10.6 Å². The molecule has 0 atom stereocenters. The topological polar surface area (TPSA) is 44.4 Å². The van der Waals surface area contributed by atoms with Crippen molar-refractivity contribution in [2.75, 3.05) is 36.2 Å². The molecule has 0 radical (unpaired) electrons. The van der Waals surface area contributed by atoms with Gasteiger partial charge in [0.25, 0.3) is 0 Å². The number of hydrogen-bond acceptors (Lipinski definition) is 3. The van der Waals surface area contributed by atoms with Crippen molar-refractivity contribution in [3.05, 3.63) is 53.1 Å². The molecular weight excluding hydrogens is 367 g/mol. The van der Waals surface area contributed by atoms with Crippen molar-refractivity contribution >= 4 is 34.6 Å². The van der Waals surface area contributed by atoms with Crippen LogP contribution in [-0.2, 0) is 11.0 Å². The van der Waals surface area contributed by atoms with Crippen molar-refractivity contribution < 1.29 is 18.0 Å². The lowest BCUT2D eigenvalue weighted by Gasteiger charge is -2.14. The van der Waals surface area contributed by atoms with E-state index in [9.17, 15) is 18.0 Å². The van der Waals surface area contributed by atoms with Crippen LogP contribution in [0.4, 0.5) is 30.2 Å². The zero-order valence-electron chi connectivity index (χ0n) is 14.3. The summed E-state index contributed by atoms with van der Waals surface area (Å²) >= 11 is 5.90. The monoisotopic (exact) mass is 385 g/mol. The second-order valence-corrected chi connectivity index (χ2v) is 6.27. The summed E-state index contributed by atoms with van der Waals surface area (Å²) in [6, 6.07) is 10.3. The fourth-order valence-electron chi connectivity index (χ4n) is 2.21. The Bertz CT molecular complexity index is 761. The van der Waals surface area contributed by atoms with Gasteiger partial charge in [-0.25, -0.2) is 0 Å². The minimum atomic E-state index is -4.45. The molecule has 26 heavy (non-hydrogen) atoms. The number of benzene rings is 2. The Labute approximate surface area is 154 Å². The second-order valence-electron chi connectivity index (χ2n) is 5.86. The minimum Gasteiger partial charge on any atom is -0.383 e. The zero-order chi connectivity index (χ0) is 19.3. The smallest absolute Gasteiger partial charge is 0.383 e. The fourth-order valence-corrected chi connectivity index (χ4v) is 2.40. The van der Waals surface area contributed by atoms with Gasteiger partial charge in [0.2, 0.25) is 5.91 Å². The van der Waals surface area contributed by atoms with Gasteiger partial charge in [0.1, 0.15) is 0 Å². The van der Waals surface area contributed by atoms with Gasteiger partial charge >= 0.3 is 6.18 Å². The molecule has 0 heterocycles. The third kappa shape index (κ3) is 5.56. The van der Waals surface area contributed by atoms with Gasteiger partial charge < -0.3 is 15.5 Å². The maximum Gasteiger partial charge on any atom is 0.416 e. The zero-order valence-corrected chi connectivity index (χ0v) is 15.1. The Hall–Kier alpha value is -2.41. The molecule has 0 fully saturated rings. The predicted octanol–water partition coefficient (Wildman–Crippen LogP) is 4.87. The number of amides is 1. The van der Waals surface area contributed by atoms with Crippen LogP contribution in [0.15, 0.2) is 42.5 Å². The van der Waals surface area contributed by atoms with E-state index in [0.717, 1.165) is 17.8 Å². The van der Waals surface area contributed by atoms with Crippen LogP contribution < -0.4 is 15.5 Å². The van der Waals surface area contributed by atoms with Crippen LogP contribution in [0.2, 0.25) is 5.02 Å². The van der Waals surface area contributed by atoms with Crippen molar-refractivity contribution in [3.8, 4) is 0 Å². The number of nitrogens with one attached hydrogen (secondary N) is 2. The van der Waals surface area contributed by atoms with Gasteiger partial charge in [-0.15, -0.1) is 0 Å². The molecule has 4 nitrogen and oxygen atoms in total. The maximum absolute atomic E-state index is 12.7. The molecule has 0 saturated heterocycles. The molecule has 0 aliphatic rings. The van der Waals surface area contributed by atoms with E-state index < -0.39 is 11.7 Å². The highest BCUT2D eigenvalue weighted by Crippen LogP contribution is 2.33. The molecule has 0 aromatic heterocycles. The number of alkyl halides is 3. The summed E-state index contributed by atoms with van der Waals surface area (Å²) in [5, 5.41) is 5.67. The largest absolute Gasteiger partial charge is 0.416 e. The molecule has 0 bridgehead atoms. The average molecular weight is 386 g/mol. The van der Waals surface area contributed by atoms with Crippen molar-refractivity contribution in [2.24, 2.45) is 0 Å². The molecular formula is C18H19ClF3N3O. The standard InChI is InChI=1S/C18H19ClF3N3O/c1-25(2)14-6-4-13(5-7-14)24-17(26)9-10-23-16-11-12(18(20,21)22)3-8-15(16)19/h3-8,11,23H,9-10H2,1-2H3,(H,24,26). The third-order valence-corrected chi connectivity index (χ3v) is 3.96. The SMILES string of the molecule is CN(C)c1ccc(NC(=O)CCNc2cc(C(F)(F)F)ccc2Cl)cc1. The first-order chi connectivity index (χ1) is 12.2. The van der Waals surface area contributed by atoms with Crippen LogP contribution in [0, 0.1) is 0 Å². The summed E-state index contributed by atoms with van der Waals surface area (Å²) in [4.78, 5) is 13.9. The van der Waals surface area contributed by atoms with E-state index in [1.54, 1.807) is 12.1 Å². The molecule has 0 saturated carbocycles. The quantitative estimate of drug-likeness (QED) is 0.746. The van der Waals surface area contributed by atoms with E-state index in [4.69, 9.17) is 11.6 Å². The Morgan fingerprint density at radius 1 is 1.12 bits per heavy atom. The summed E-state index contributed by atoms with van der Waals surface area (Å²) < 4.78 is 38.2. The second kappa shape index (κ2) is 8.31. The highest BCUT2D eigenvalue weighted by molar-refractivity contribution is 6.33. The summed E-state index contributed by atoms with van der Waals surface area (Å²) in [7, 11) is 3.83. The summed E-state index contributed by atoms with van der Waals surface area (Å²) in [5.41, 5.74) is 1.00. The van der Waals surface area contributed by atoms with Crippen molar-refractivity contribution in [1.82, 2.24) is 0 Å². The number of hydrogen-bond donors (Lipinski definition) is 2. The molecule has 2 N–H and O–H groups in total. The van der Waals surface area contributed by atoms with Gasteiger partial charge in [-0.3, -0.25) is 4.79 Å². The first kappa shape index (κ1) is 19.9. The minimum absolute atomic E-state index is 0.0853. The van der Waals surface area contributed by atoms with Crippen LogP contribution in [-0.4, -0.2) is 26.5 Å². The van der Waals surface area contributed by atoms with Crippen LogP contribution in [0.5, 0.6) is 0 Å².